The van der Waals surface area contributed by atoms with E-state index in [1.807, 2.05) is 36.0 Å². The molecule has 2 heterocycles. The van der Waals surface area contributed by atoms with Gasteiger partial charge in [-0.05, 0) is 24.5 Å². The molecule has 134 valence electrons. The van der Waals surface area contributed by atoms with E-state index in [4.69, 9.17) is 4.74 Å². The second kappa shape index (κ2) is 8.27. The number of carbonyl (C=O) groups is 1. The summed E-state index contributed by atoms with van der Waals surface area (Å²) in [6.07, 6.45) is 3.48. The number of carbonyl (C=O) groups excluding carboxylic acids is 1. The Morgan fingerprint density at radius 2 is 2.16 bits per heavy atom. The zero-order valence-electron chi connectivity index (χ0n) is 14.8. The SMILES string of the molecule is CNC(=O)C(Cc1ccccc1)NC[C@@H]1CCO[C@H]1c1ccnn1C. The van der Waals surface area contributed by atoms with Crippen molar-refractivity contribution in [2.75, 3.05) is 20.2 Å². The van der Waals surface area contributed by atoms with E-state index in [9.17, 15) is 4.79 Å². The van der Waals surface area contributed by atoms with Gasteiger partial charge in [-0.25, -0.2) is 0 Å². The van der Waals surface area contributed by atoms with Gasteiger partial charge in [-0.3, -0.25) is 9.48 Å². The lowest BCUT2D eigenvalue weighted by molar-refractivity contribution is -0.122. The number of nitrogens with zero attached hydrogens (tertiary/aromatic N) is 2. The monoisotopic (exact) mass is 342 g/mol. The molecule has 0 radical (unpaired) electrons. The number of benzene rings is 1. The molecule has 6 heteroatoms. The molecule has 0 saturated carbocycles. The Kier molecular flexibility index (Phi) is 5.83. The molecule has 6 nitrogen and oxygen atoms in total. The number of hydrogen-bond donors (Lipinski definition) is 2. The molecule has 0 bridgehead atoms. The lowest BCUT2D eigenvalue weighted by Gasteiger charge is -2.23. The van der Waals surface area contributed by atoms with Crippen molar-refractivity contribution in [3.8, 4) is 0 Å². The lowest BCUT2D eigenvalue weighted by atomic mass is 9.97. The van der Waals surface area contributed by atoms with Crippen molar-refractivity contribution in [3.63, 3.8) is 0 Å². The van der Waals surface area contributed by atoms with Crippen molar-refractivity contribution in [3.05, 3.63) is 53.9 Å². The third kappa shape index (κ3) is 4.27. The first-order valence-electron chi connectivity index (χ1n) is 8.77. The average Bonchev–Trinajstić information content (AvgIpc) is 3.27. The number of ether oxygens (including phenoxy) is 1. The molecule has 1 aromatic carbocycles. The van der Waals surface area contributed by atoms with Gasteiger partial charge in [0.05, 0.1) is 11.7 Å². The van der Waals surface area contributed by atoms with E-state index in [1.165, 1.54) is 0 Å². The van der Waals surface area contributed by atoms with Crippen molar-refractivity contribution in [2.24, 2.45) is 13.0 Å². The first-order chi connectivity index (χ1) is 12.2. The number of nitrogens with one attached hydrogen (secondary N) is 2. The Labute approximate surface area is 148 Å². The van der Waals surface area contributed by atoms with Crippen molar-refractivity contribution in [1.82, 2.24) is 20.4 Å². The molecule has 2 N–H and O–H groups in total. The minimum Gasteiger partial charge on any atom is -0.372 e. The number of hydrogen-bond acceptors (Lipinski definition) is 4. The molecule has 1 fully saturated rings. The predicted molar refractivity (Wildman–Crippen MR) is 96.0 cm³/mol. The van der Waals surface area contributed by atoms with Crippen LogP contribution in [0.4, 0.5) is 0 Å². The van der Waals surface area contributed by atoms with E-state index in [2.05, 4.69) is 27.9 Å². The quantitative estimate of drug-likeness (QED) is 0.799. The minimum atomic E-state index is -0.250. The maximum absolute atomic E-state index is 12.3. The first-order valence-corrected chi connectivity index (χ1v) is 8.77. The highest BCUT2D eigenvalue weighted by atomic mass is 16.5. The molecule has 1 aliphatic rings. The third-order valence-corrected chi connectivity index (χ3v) is 4.84. The molecule has 1 aliphatic heterocycles. The zero-order chi connectivity index (χ0) is 17.6. The van der Waals surface area contributed by atoms with Crippen LogP contribution < -0.4 is 10.6 Å². The average molecular weight is 342 g/mol. The summed E-state index contributed by atoms with van der Waals surface area (Å²) in [5.41, 5.74) is 2.23. The highest BCUT2D eigenvalue weighted by Gasteiger charge is 2.32. The largest absolute Gasteiger partial charge is 0.372 e. The summed E-state index contributed by atoms with van der Waals surface area (Å²) in [5, 5.41) is 10.5. The topological polar surface area (TPSA) is 68.2 Å². The van der Waals surface area contributed by atoms with Crippen molar-refractivity contribution < 1.29 is 9.53 Å². The van der Waals surface area contributed by atoms with Gasteiger partial charge < -0.3 is 15.4 Å². The fourth-order valence-corrected chi connectivity index (χ4v) is 3.41. The summed E-state index contributed by atoms with van der Waals surface area (Å²) in [5.74, 6) is 0.346. The van der Waals surface area contributed by atoms with Crippen LogP contribution in [0.1, 0.15) is 23.8 Å². The van der Waals surface area contributed by atoms with E-state index in [-0.39, 0.29) is 18.1 Å². The van der Waals surface area contributed by atoms with E-state index in [0.717, 1.165) is 30.8 Å². The smallest absolute Gasteiger partial charge is 0.237 e. The predicted octanol–water partition coefficient (Wildman–Crippen LogP) is 1.44. The minimum absolute atomic E-state index is 0.0138. The molecular formula is C19H26N4O2. The molecule has 25 heavy (non-hydrogen) atoms. The summed E-state index contributed by atoms with van der Waals surface area (Å²) < 4.78 is 7.79. The Hall–Kier alpha value is -2.18. The summed E-state index contributed by atoms with van der Waals surface area (Å²) in [6.45, 7) is 1.48. The molecule has 0 spiro atoms. The third-order valence-electron chi connectivity index (χ3n) is 4.84. The summed E-state index contributed by atoms with van der Waals surface area (Å²) in [4.78, 5) is 12.3. The lowest BCUT2D eigenvalue weighted by Crippen LogP contribution is -2.46. The summed E-state index contributed by atoms with van der Waals surface area (Å²) in [6, 6.07) is 11.8. The van der Waals surface area contributed by atoms with Gasteiger partial charge in [-0.2, -0.15) is 5.10 Å². The molecular weight excluding hydrogens is 316 g/mol. The van der Waals surface area contributed by atoms with Crippen LogP contribution in [0.2, 0.25) is 0 Å². The molecule has 2 aromatic rings. The van der Waals surface area contributed by atoms with Crippen LogP contribution in [0.15, 0.2) is 42.6 Å². The maximum Gasteiger partial charge on any atom is 0.237 e. The van der Waals surface area contributed by atoms with Gasteiger partial charge in [-0.1, -0.05) is 30.3 Å². The number of likely N-dealkylation sites (N-methyl/N-ethyl adjacent to an activating group) is 1. The molecule has 1 aromatic heterocycles. The highest BCUT2D eigenvalue weighted by Crippen LogP contribution is 2.33. The van der Waals surface area contributed by atoms with Gasteiger partial charge in [-0.15, -0.1) is 0 Å². The Morgan fingerprint density at radius 1 is 1.36 bits per heavy atom. The second-order valence-electron chi connectivity index (χ2n) is 6.48. The highest BCUT2D eigenvalue weighted by molar-refractivity contribution is 5.81. The Morgan fingerprint density at radius 3 is 2.84 bits per heavy atom. The maximum atomic E-state index is 12.3. The fourth-order valence-electron chi connectivity index (χ4n) is 3.41. The van der Waals surface area contributed by atoms with Crippen LogP contribution >= 0.6 is 0 Å². The van der Waals surface area contributed by atoms with E-state index in [1.54, 1.807) is 13.2 Å². The van der Waals surface area contributed by atoms with Gasteiger partial charge >= 0.3 is 0 Å². The van der Waals surface area contributed by atoms with Gasteiger partial charge in [0.25, 0.3) is 0 Å². The fraction of sp³-hybridized carbons (Fsp3) is 0.474. The first kappa shape index (κ1) is 17.6. The number of amides is 1. The Balaban J connectivity index is 1.64. The summed E-state index contributed by atoms with van der Waals surface area (Å²) in [7, 11) is 3.61. The molecule has 3 atom stereocenters. The van der Waals surface area contributed by atoms with Crippen molar-refractivity contribution in [2.45, 2.75) is 25.0 Å². The van der Waals surface area contributed by atoms with E-state index in [0.29, 0.717) is 12.3 Å². The van der Waals surface area contributed by atoms with Gasteiger partial charge in [0.15, 0.2) is 0 Å². The van der Waals surface area contributed by atoms with Crippen LogP contribution in [0.5, 0.6) is 0 Å². The van der Waals surface area contributed by atoms with Crippen LogP contribution in [0, 0.1) is 5.92 Å². The van der Waals surface area contributed by atoms with Gasteiger partial charge in [0.1, 0.15) is 6.10 Å². The number of aromatic nitrogens is 2. The van der Waals surface area contributed by atoms with Crippen molar-refractivity contribution in [1.29, 1.82) is 0 Å². The normalized spacial score (nSPS) is 21.2. The molecule has 0 aliphatic carbocycles. The zero-order valence-corrected chi connectivity index (χ0v) is 14.8. The van der Waals surface area contributed by atoms with E-state index < -0.39 is 0 Å². The number of rotatable bonds is 7. The Bertz CT molecular complexity index is 686. The molecule has 3 rings (SSSR count). The second-order valence-corrected chi connectivity index (χ2v) is 6.48. The van der Waals surface area contributed by atoms with Gasteiger partial charge in [0, 0.05) is 39.4 Å². The van der Waals surface area contributed by atoms with Gasteiger partial charge in [0.2, 0.25) is 5.91 Å². The number of aryl methyl sites for hydroxylation is 1. The van der Waals surface area contributed by atoms with Crippen LogP contribution in [0.25, 0.3) is 0 Å². The van der Waals surface area contributed by atoms with E-state index >= 15 is 0 Å². The van der Waals surface area contributed by atoms with Crippen LogP contribution in [-0.2, 0) is 23.0 Å². The molecule has 1 amide bonds. The van der Waals surface area contributed by atoms with Crippen LogP contribution in [-0.4, -0.2) is 41.9 Å². The van der Waals surface area contributed by atoms with Crippen LogP contribution in [0.3, 0.4) is 0 Å². The molecule has 1 unspecified atom stereocenters. The summed E-state index contributed by atoms with van der Waals surface area (Å²) >= 11 is 0. The van der Waals surface area contributed by atoms with Crippen molar-refractivity contribution >= 4 is 5.91 Å². The standard InChI is InChI=1S/C19H26N4O2/c1-20-19(24)16(12-14-6-4-3-5-7-14)21-13-15-9-11-25-18(15)17-8-10-22-23(17)2/h3-8,10,15-16,18,21H,9,11-13H2,1-2H3,(H,20,24)/t15-,16?,18+/m0/s1. The molecule has 1 saturated heterocycles.